The van der Waals surface area contributed by atoms with Crippen molar-refractivity contribution in [1.82, 2.24) is 0 Å². The molecule has 0 heterocycles. The van der Waals surface area contributed by atoms with E-state index in [1.807, 2.05) is 30.3 Å². The number of amides is 1. The fraction of sp³-hybridized carbons (Fsp3) is 0.500. The number of hydrogen-bond acceptors (Lipinski definition) is 2. The quantitative estimate of drug-likeness (QED) is 0.919. The van der Waals surface area contributed by atoms with Gasteiger partial charge in [-0.1, -0.05) is 31.5 Å². The van der Waals surface area contributed by atoms with Gasteiger partial charge in [-0.2, -0.15) is 0 Å². The molecule has 1 N–H and O–H groups in total. The monoisotopic (exact) mass is 275 g/mol. The first kappa shape index (κ1) is 14.6. The molecule has 0 bridgehead atoms. The Bertz CT molecular complexity index is 486. The summed E-state index contributed by atoms with van der Waals surface area (Å²) < 4.78 is 0. The van der Waals surface area contributed by atoms with E-state index in [0.29, 0.717) is 18.8 Å². The molecule has 20 heavy (non-hydrogen) atoms. The number of anilines is 1. The van der Waals surface area contributed by atoms with Crippen molar-refractivity contribution in [2.24, 2.45) is 17.8 Å². The van der Waals surface area contributed by atoms with Crippen LogP contribution < -0.4 is 4.90 Å². The number of carboxylic acid groups (broad SMARTS) is 1. The predicted octanol–water partition coefficient (Wildman–Crippen LogP) is 2.79. The lowest BCUT2D eigenvalue weighted by molar-refractivity contribution is -0.145. The molecule has 108 valence electrons. The fourth-order valence-electron chi connectivity index (χ4n) is 3.05. The Morgan fingerprint density at radius 2 is 1.80 bits per heavy atom. The van der Waals surface area contributed by atoms with E-state index in [-0.39, 0.29) is 5.91 Å². The van der Waals surface area contributed by atoms with Crippen LogP contribution in [0.15, 0.2) is 30.3 Å². The van der Waals surface area contributed by atoms with Crippen molar-refractivity contribution in [3.8, 4) is 0 Å². The third kappa shape index (κ3) is 2.84. The molecule has 1 fully saturated rings. The molecule has 0 radical (unpaired) electrons. The third-order valence-corrected chi connectivity index (χ3v) is 4.35. The molecular formula is C16H21NO3. The first-order valence-electron chi connectivity index (χ1n) is 7.10. The van der Waals surface area contributed by atoms with Gasteiger partial charge >= 0.3 is 5.97 Å². The molecule has 4 nitrogen and oxygen atoms in total. The Morgan fingerprint density at radius 3 is 2.35 bits per heavy atom. The maximum atomic E-state index is 12.6. The molecule has 0 spiro atoms. The van der Waals surface area contributed by atoms with Gasteiger partial charge in [-0.05, 0) is 30.9 Å². The first-order valence-corrected chi connectivity index (χ1v) is 7.10. The van der Waals surface area contributed by atoms with E-state index in [1.54, 1.807) is 11.9 Å². The number of nitrogens with zero attached hydrogens (tertiary/aromatic N) is 1. The first-order chi connectivity index (χ1) is 9.54. The lowest BCUT2D eigenvalue weighted by atomic mass is 9.94. The van der Waals surface area contributed by atoms with Crippen LogP contribution in [0.3, 0.4) is 0 Å². The number of carbonyl (C=O) groups is 2. The van der Waals surface area contributed by atoms with Crippen LogP contribution in [0, 0.1) is 17.8 Å². The molecule has 0 saturated heterocycles. The van der Waals surface area contributed by atoms with Crippen LogP contribution in [0.5, 0.6) is 0 Å². The largest absolute Gasteiger partial charge is 0.481 e. The van der Waals surface area contributed by atoms with Gasteiger partial charge in [0.15, 0.2) is 0 Å². The van der Waals surface area contributed by atoms with Crippen molar-refractivity contribution in [3.63, 3.8) is 0 Å². The van der Waals surface area contributed by atoms with Crippen LogP contribution in [-0.4, -0.2) is 24.0 Å². The minimum Gasteiger partial charge on any atom is -0.481 e. The SMILES string of the molecule is CCC1C[C@H](C(=O)N(C)c2ccccc2)[C@H](C(=O)O)C1. The second-order valence-corrected chi connectivity index (χ2v) is 5.53. The normalized spacial score (nSPS) is 25.4. The zero-order chi connectivity index (χ0) is 14.7. The van der Waals surface area contributed by atoms with Gasteiger partial charge in [-0.15, -0.1) is 0 Å². The molecule has 1 aromatic carbocycles. The average molecular weight is 275 g/mol. The molecule has 1 saturated carbocycles. The van der Waals surface area contributed by atoms with Gasteiger partial charge in [0.25, 0.3) is 0 Å². The third-order valence-electron chi connectivity index (χ3n) is 4.35. The number of para-hydroxylation sites is 1. The highest BCUT2D eigenvalue weighted by Gasteiger charge is 2.43. The summed E-state index contributed by atoms with van der Waals surface area (Å²) in [5, 5.41) is 9.33. The number of rotatable bonds is 4. The minimum absolute atomic E-state index is 0.0837. The predicted molar refractivity (Wildman–Crippen MR) is 77.5 cm³/mol. The van der Waals surface area contributed by atoms with E-state index >= 15 is 0 Å². The summed E-state index contributed by atoms with van der Waals surface area (Å²) in [6.07, 6.45) is 2.23. The van der Waals surface area contributed by atoms with Crippen LogP contribution in [0.25, 0.3) is 0 Å². The van der Waals surface area contributed by atoms with Crippen LogP contribution in [0.1, 0.15) is 26.2 Å². The summed E-state index contributed by atoms with van der Waals surface area (Å²) in [5.74, 6) is -1.53. The summed E-state index contributed by atoms with van der Waals surface area (Å²) in [7, 11) is 1.72. The van der Waals surface area contributed by atoms with Gasteiger partial charge in [0.05, 0.1) is 11.8 Å². The Labute approximate surface area is 119 Å². The van der Waals surface area contributed by atoms with Crippen molar-refractivity contribution >= 4 is 17.6 Å². The maximum Gasteiger partial charge on any atom is 0.307 e. The van der Waals surface area contributed by atoms with Crippen molar-refractivity contribution in [2.75, 3.05) is 11.9 Å². The van der Waals surface area contributed by atoms with Crippen molar-refractivity contribution in [1.29, 1.82) is 0 Å². The van der Waals surface area contributed by atoms with Crippen molar-refractivity contribution < 1.29 is 14.7 Å². The van der Waals surface area contributed by atoms with Crippen LogP contribution in [0.2, 0.25) is 0 Å². The number of hydrogen-bond donors (Lipinski definition) is 1. The van der Waals surface area contributed by atoms with E-state index in [2.05, 4.69) is 6.92 Å². The van der Waals surface area contributed by atoms with Gasteiger partial charge in [-0.25, -0.2) is 0 Å². The number of carboxylic acids is 1. The van der Waals surface area contributed by atoms with E-state index < -0.39 is 17.8 Å². The Kier molecular flexibility index (Phi) is 4.42. The molecule has 0 aromatic heterocycles. The molecule has 1 aliphatic rings. The molecule has 2 rings (SSSR count). The number of aliphatic carboxylic acids is 1. The Morgan fingerprint density at radius 1 is 1.20 bits per heavy atom. The van der Waals surface area contributed by atoms with Crippen molar-refractivity contribution in [3.05, 3.63) is 30.3 Å². The minimum atomic E-state index is -0.847. The van der Waals surface area contributed by atoms with Crippen LogP contribution in [-0.2, 0) is 9.59 Å². The fourth-order valence-corrected chi connectivity index (χ4v) is 3.05. The van der Waals surface area contributed by atoms with E-state index in [0.717, 1.165) is 12.1 Å². The smallest absolute Gasteiger partial charge is 0.307 e. The Hall–Kier alpha value is -1.84. The van der Waals surface area contributed by atoms with Crippen LogP contribution >= 0.6 is 0 Å². The molecule has 1 unspecified atom stereocenters. The highest BCUT2D eigenvalue weighted by molar-refractivity contribution is 5.97. The summed E-state index contributed by atoms with van der Waals surface area (Å²) >= 11 is 0. The van der Waals surface area contributed by atoms with E-state index in [9.17, 15) is 14.7 Å². The highest BCUT2D eigenvalue weighted by Crippen LogP contribution is 2.39. The highest BCUT2D eigenvalue weighted by atomic mass is 16.4. The molecule has 3 atom stereocenters. The summed E-state index contributed by atoms with van der Waals surface area (Å²) in [6, 6.07) is 9.36. The topological polar surface area (TPSA) is 57.6 Å². The summed E-state index contributed by atoms with van der Waals surface area (Å²) in [4.78, 5) is 25.5. The van der Waals surface area contributed by atoms with Gasteiger partial charge in [0.2, 0.25) is 5.91 Å². The average Bonchev–Trinajstić information content (AvgIpc) is 2.91. The second kappa shape index (κ2) is 6.07. The van der Waals surface area contributed by atoms with Crippen molar-refractivity contribution in [2.45, 2.75) is 26.2 Å². The zero-order valence-electron chi connectivity index (χ0n) is 12.0. The van der Waals surface area contributed by atoms with Gasteiger partial charge in [0.1, 0.15) is 0 Å². The summed E-state index contributed by atoms with van der Waals surface area (Å²) in [6.45, 7) is 2.05. The van der Waals surface area contributed by atoms with E-state index in [1.165, 1.54) is 0 Å². The lowest BCUT2D eigenvalue weighted by Gasteiger charge is -2.23. The molecule has 0 aliphatic heterocycles. The summed E-state index contributed by atoms with van der Waals surface area (Å²) in [5.41, 5.74) is 0.807. The molecule has 4 heteroatoms. The van der Waals surface area contributed by atoms with Gasteiger partial charge < -0.3 is 10.0 Å². The number of benzene rings is 1. The molecule has 1 aromatic rings. The van der Waals surface area contributed by atoms with Gasteiger partial charge in [-0.3, -0.25) is 9.59 Å². The lowest BCUT2D eigenvalue weighted by Crippen LogP contribution is -2.36. The molecular weight excluding hydrogens is 254 g/mol. The van der Waals surface area contributed by atoms with E-state index in [4.69, 9.17) is 0 Å². The molecule has 1 amide bonds. The standard InChI is InChI=1S/C16H21NO3/c1-3-11-9-13(14(10-11)16(19)20)15(18)17(2)12-7-5-4-6-8-12/h4-8,11,13-14H,3,9-10H2,1-2H3,(H,19,20)/t11?,13-,14+/m0/s1. The number of carbonyl (C=O) groups excluding carboxylic acids is 1. The van der Waals surface area contributed by atoms with Gasteiger partial charge in [0, 0.05) is 12.7 Å². The zero-order valence-corrected chi connectivity index (χ0v) is 12.0. The maximum absolute atomic E-state index is 12.6. The second-order valence-electron chi connectivity index (χ2n) is 5.53. The molecule has 1 aliphatic carbocycles. The Balaban J connectivity index is 2.17. The van der Waals surface area contributed by atoms with Crippen LogP contribution in [0.4, 0.5) is 5.69 Å².